The number of carbonyl (C=O) groups excluding carboxylic acids is 2. The smallest absolute Gasteiger partial charge is 0.262 e. The summed E-state index contributed by atoms with van der Waals surface area (Å²) in [6, 6.07) is 2.74. The second kappa shape index (κ2) is 9.25. The molecule has 2 aromatic heterocycles. The number of benzene rings is 2. The Labute approximate surface area is 235 Å². The predicted molar refractivity (Wildman–Crippen MR) is 146 cm³/mol. The van der Waals surface area contributed by atoms with Gasteiger partial charge in [0.15, 0.2) is 22.9 Å². The summed E-state index contributed by atoms with van der Waals surface area (Å²) in [5.41, 5.74) is -3.15. The molecular weight excluding hydrogens is 558 g/mol. The molecule has 41 heavy (non-hydrogen) atoms. The number of nitrogens with zero attached hydrogens (tertiary/aromatic N) is 1. The first-order valence-electron chi connectivity index (χ1n) is 12.9. The number of fused-ring (bicyclic) bond motifs is 7. The lowest BCUT2D eigenvalue weighted by Gasteiger charge is -2.29. The molecule has 0 aliphatic heterocycles. The summed E-state index contributed by atoms with van der Waals surface area (Å²) < 4.78 is 12.6. The third kappa shape index (κ3) is 3.43. The molecule has 0 radical (unpaired) electrons. The van der Waals surface area contributed by atoms with Crippen molar-refractivity contribution >= 4 is 44.9 Å². The monoisotopic (exact) mass is 581 g/mol. The van der Waals surface area contributed by atoms with Gasteiger partial charge >= 0.3 is 0 Å². The Bertz CT molecular complexity index is 1990. The minimum absolute atomic E-state index is 0.00235. The number of rotatable bonds is 3. The van der Waals surface area contributed by atoms with E-state index in [-0.39, 0.29) is 56.0 Å². The molecule has 4 aromatic rings. The van der Waals surface area contributed by atoms with Gasteiger partial charge < -0.3 is 34.1 Å². The normalized spacial score (nSPS) is 19.8. The van der Waals surface area contributed by atoms with Gasteiger partial charge in [0.1, 0.15) is 28.9 Å². The van der Waals surface area contributed by atoms with Crippen molar-refractivity contribution in [1.29, 1.82) is 0 Å². The molecule has 2 aliphatic carbocycles. The third-order valence-electron chi connectivity index (χ3n) is 8.00. The molecule has 12 heteroatoms. The molecule has 0 spiro atoms. The number of phenols is 1. The van der Waals surface area contributed by atoms with E-state index in [2.05, 4.69) is 0 Å². The molecule has 3 unspecified atom stereocenters. The van der Waals surface area contributed by atoms with Gasteiger partial charge in [-0.15, -0.1) is 0 Å². The molecule has 4 N–H and O–H groups in total. The van der Waals surface area contributed by atoms with Crippen LogP contribution in [0.3, 0.4) is 0 Å². The van der Waals surface area contributed by atoms with Crippen molar-refractivity contribution < 1.29 is 39.2 Å². The predicted octanol–water partition coefficient (Wildman–Crippen LogP) is 2.57. The van der Waals surface area contributed by atoms with Crippen LogP contribution in [-0.4, -0.2) is 49.8 Å². The van der Waals surface area contributed by atoms with Gasteiger partial charge in [-0.2, -0.15) is 0 Å². The maximum atomic E-state index is 14.2. The van der Waals surface area contributed by atoms with Crippen molar-refractivity contribution in [2.24, 2.45) is 7.05 Å². The number of ether oxygens (including phenoxy) is 1. The van der Waals surface area contributed by atoms with Gasteiger partial charge in [0.2, 0.25) is 11.2 Å². The number of aliphatic hydroxyl groups is 3. The van der Waals surface area contributed by atoms with E-state index in [1.165, 1.54) is 30.9 Å². The Morgan fingerprint density at radius 3 is 2.41 bits per heavy atom. The average molecular weight is 582 g/mol. The zero-order valence-electron chi connectivity index (χ0n) is 22.1. The minimum Gasteiger partial charge on any atom is -0.504 e. The van der Waals surface area contributed by atoms with Crippen LogP contribution in [0.15, 0.2) is 26.1 Å². The lowest BCUT2D eigenvalue weighted by atomic mass is 9.80. The van der Waals surface area contributed by atoms with Crippen molar-refractivity contribution in [3.8, 4) is 11.5 Å². The lowest BCUT2D eigenvalue weighted by molar-refractivity contribution is -0.0372. The van der Waals surface area contributed by atoms with E-state index < -0.39 is 63.1 Å². The fraction of sp³-hybridized carbons (Fsp3) is 0.310. The quantitative estimate of drug-likeness (QED) is 0.232. The standard InChI is InChI=1S/C29H24ClNO10/c1-4-5-11-20(30)16-17(29(39)31(11)2)23(36)14-9(21(16)34)6-7-10-15(14)28-19(25(38)26(10)40-3)24(37)18-22(35)12(32)8-13(33)27(18)41-28/h6-7,12-13,22,32-33,35,38H,4-5,8H2,1-3H3. The SMILES string of the molecule is CCCc1c(Cl)c2c(c(=O)n1C)C(=O)c1c(ccc3c(OC)c(O)c4c(=O)c5c(oc4c13)C(O)CC(O)C5O)C2=O. The van der Waals surface area contributed by atoms with Gasteiger partial charge in [0, 0.05) is 41.1 Å². The van der Waals surface area contributed by atoms with Crippen LogP contribution >= 0.6 is 11.6 Å². The maximum Gasteiger partial charge on any atom is 0.262 e. The highest BCUT2D eigenvalue weighted by Gasteiger charge is 2.41. The number of pyridine rings is 1. The summed E-state index contributed by atoms with van der Waals surface area (Å²) in [5.74, 6) is -2.80. The summed E-state index contributed by atoms with van der Waals surface area (Å²) >= 11 is 6.62. The molecule has 0 amide bonds. The molecular formula is C29H24ClNO10. The van der Waals surface area contributed by atoms with Gasteiger partial charge in [-0.3, -0.25) is 19.2 Å². The Morgan fingerprint density at radius 1 is 1.05 bits per heavy atom. The number of ketones is 2. The number of carbonyl (C=O) groups is 2. The summed E-state index contributed by atoms with van der Waals surface area (Å²) in [4.78, 5) is 55.2. The summed E-state index contributed by atoms with van der Waals surface area (Å²) in [6.45, 7) is 1.88. The lowest BCUT2D eigenvalue weighted by Crippen LogP contribution is -2.35. The van der Waals surface area contributed by atoms with Crippen LogP contribution in [0.5, 0.6) is 11.5 Å². The van der Waals surface area contributed by atoms with E-state index in [1.54, 1.807) is 0 Å². The molecule has 2 heterocycles. The zero-order chi connectivity index (χ0) is 29.7. The Kier molecular flexibility index (Phi) is 6.12. The summed E-state index contributed by atoms with van der Waals surface area (Å²) in [5, 5.41) is 41.9. The largest absolute Gasteiger partial charge is 0.504 e. The Balaban J connectivity index is 1.81. The van der Waals surface area contributed by atoms with E-state index in [1.807, 2.05) is 6.92 Å². The van der Waals surface area contributed by atoms with Crippen LogP contribution in [0, 0.1) is 0 Å². The van der Waals surface area contributed by atoms with Crippen LogP contribution < -0.4 is 15.7 Å². The molecule has 0 fully saturated rings. The first-order chi connectivity index (χ1) is 19.5. The van der Waals surface area contributed by atoms with Crippen molar-refractivity contribution in [3.63, 3.8) is 0 Å². The number of hydrogen-bond donors (Lipinski definition) is 4. The van der Waals surface area contributed by atoms with Gasteiger partial charge in [-0.25, -0.2) is 0 Å². The number of methoxy groups -OCH3 is 1. The summed E-state index contributed by atoms with van der Waals surface area (Å²) in [7, 11) is 2.67. The number of phenolic OH excluding ortho intramolecular Hbond substituents is 1. The molecule has 3 atom stereocenters. The molecule has 212 valence electrons. The van der Waals surface area contributed by atoms with Crippen LogP contribution in [0.2, 0.25) is 5.02 Å². The fourth-order valence-electron chi connectivity index (χ4n) is 6.04. The zero-order valence-corrected chi connectivity index (χ0v) is 22.8. The molecule has 2 aromatic carbocycles. The molecule has 2 aliphatic rings. The number of aromatic nitrogens is 1. The van der Waals surface area contributed by atoms with E-state index in [9.17, 15) is 39.6 Å². The van der Waals surface area contributed by atoms with Crippen molar-refractivity contribution in [1.82, 2.24) is 4.57 Å². The number of hydrogen-bond acceptors (Lipinski definition) is 10. The van der Waals surface area contributed by atoms with Gasteiger partial charge in [0.05, 0.1) is 29.4 Å². The fourth-order valence-corrected chi connectivity index (χ4v) is 6.44. The maximum absolute atomic E-state index is 14.2. The van der Waals surface area contributed by atoms with Gasteiger partial charge in [-0.05, 0) is 18.6 Å². The minimum atomic E-state index is -1.72. The van der Waals surface area contributed by atoms with Crippen LogP contribution in [0.4, 0.5) is 0 Å². The van der Waals surface area contributed by atoms with Crippen LogP contribution in [0.1, 0.15) is 80.8 Å². The summed E-state index contributed by atoms with van der Waals surface area (Å²) in [6.07, 6.45) is -4.03. The Morgan fingerprint density at radius 2 is 1.76 bits per heavy atom. The number of aromatic hydroxyl groups is 1. The number of aliphatic hydroxyl groups excluding tert-OH is 3. The first-order valence-corrected chi connectivity index (χ1v) is 13.2. The topological polar surface area (TPSA) is 176 Å². The second-order valence-corrected chi connectivity index (χ2v) is 10.6. The molecule has 0 saturated heterocycles. The van der Waals surface area contributed by atoms with Crippen molar-refractivity contribution in [2.45, 2.75) is 44.5 Å². The molecule has 0 saturated carbocycles. The van der Waals surface area contributed by atoms with Crippen molar-refractivity contribution in [2.75, 3.05) is 7.11 Å². The van der Waals surface area contributed by atoms with E-state index >= 15 is 0 Å². The van der Waals surface area contributed by atoms with E-state index in [4.69, 9.17) is 20.8 Å². The van der Waals surface area contributed by atoms with Crippen molar-refractivity contribution in [3.05, 3.63) is 77.0 Å². The highest BCUT2D eigenvalue weighted by Crippen LogP contribution is 2.47. The second-order valence-electron chi connectivity index (χ2n) is 10.3. The third-order valence-corrected chi connectivity index (χ3v) is 8.40. The highest BCUT2D eigenvalue weighted by molar-refractivity contribution is 6.41. The van der Waals surface area contributed by atoms with E-state index in [0.717, 1.165) is 0 Å². The molecule has 6 rings (SSSR count). The first kappa shape index (κ1) is 27.2. The number of halogens is 1. The van der Waals surface area contributed by atoms with E-state index in [0.29, 0.717) is 18.5 Å². The Hall–Kier alpha value is -4.03. The van der Waals surface area contributed by atoms with Crippen LogP contribution in [-0.2, 0) is 13.5 Å². The van der Waals surface area contributed by atoms with Gasteiger partial charge in [0.25, 0.3) is 5.56 Å². The molecule has 0 bridgehead atoms. The molecule has 11 nitrogen and oxygen atoms in total. The van der Waals surface area contributed by atoms with Gasteiger partial charge in [-0.1, -0.05) is 24.9 Å². The van der Waals surface area contributed by atoms with Crippen LogP contribution in [0.25, 0.3) is 21.7 Å². The average Bonchev–Trinajstić information content (AvgIpc) is 2.94. The highest BCUT2D eigenvalue weighted by atomic mass is 35.5.